The van der Waals surface area contributed by atoms with Gasteiger partial charge >= 0.3 is 0 Å². The molecule has 0 aliphatic carbocycles. The molecule has 3 nitrogen and oxygen atoms in total. The quantitative estimate of drug-likeness (QED) is 0.200. The van der Waals surface area contributed by atoms with E-state index in [1.807, 2.05) is 24.3 Å². The van der Waals surface area contributed by atoms with Crippen LogP contribution in [-0.4, -0.2) is 24.2 Å². The van der Waals surface area contributed by atoms with Crippen molar-refractivity contribution in [1.29, 1.82) is 0 Å². The molecule has 0 spiro atoms. The zero-order chi connectivity index (χ0) is 19.1. The molecule has 3 heteroatoms. The van der Waals surface area contributed by atoms with Crippen molar-refractivity contribution in [3.05, 3.63) is 48.6 Å². The van der Waals surface area contributed by atoms with Gasteiger partial charge in [-0.25, -0.2) is 0 Å². The second kappa shape index (κ2) is 21.4. The second-order valence-electron chi connectivity index (χ2n) is 6.54. The molecule has 0 aliphatic rings. The van der Waals surface area contributed by atoms with E-state index < -0.39 is 0 Å². The molecule has 0 aliphatic heterocycles. The molecular weight excluding hydrogens is 322 g/mol. The van der Waals surface area contributed by atoms with Crippen molar-refractivity contribution >= 4 is 5.91 Å². The molecule has 0 fully saturated rings. The van der Waals surface area contributed by atoms with Crippen LogP contribution in [0.1, 0.15) is 77.6 Å². The van der Waals surface area contributed by atoms with E-state index in [1.54, 1.807) is 6.08 Å². The minimum Gasteiger partial charge on any atom is -0.395 e. The van der Waals surface area contributed by atoms with Gasteiger partial charge in [-0.3, -0.25) is 4.79 Å². The van der Waals surface area contributed by atoms with Crippen LogP contribution in [0.25, 0.3) is 0 Å². The molecule has 0 bridgehead atoms. The summed E-state index contributed by atoms with van der Waals surface area (Å²) in [6, 6.07) is 0. The fourth-order valence-electron chi connectivity index (χ4n) is 2.56. The van der Waals surface area contributed by atoms with Crippen molar-refractivity contribution in [2.45, 2.75) is 77.6 Å². The minimum absolute atomic E-state index is 0.0381. The van der Waals surface area contributed by atoms with E-state index in [0.717, 1.165) is 6.42 Å². The number of unbranched alkanes of at least 4 members (excludes halogenated alkanes) is 10. The van der Waals surface area contributed by atoms with Crippen LogP contribution >= 0.6 is 0 Å². The van der Waals surface area contributed by atoms with Gasteiger partial charge < -0.3 is 10.4 Å². The average molecular weight is 362 g/mol. The van der Waals surface area contributed by atoms with Crippen LogP contribution in [0.3, 0.4) is 0 Å². The van der Waals surface area contributed by atoms with Gasteiger partial charge in [-0.2, -0.15) is 0 Å². The molecule has 1 amide bonds. The Morgan fingerprint density at radius 3 is 1.92 bits per heavy atom. The maximum Gasteiger partial charge on any atom is 0.244 e. The van der Waals surface area contributed by atoms with Gasteiger partial charge in [-0.05, 0) is 12.8 Å². The molecule has 148 valence electrons. The van der Waals surface area contributed by atoms with Crippen molar-refractivity contribution < 1.29 is 9.90 Å². The number of rotatable bonds is 17. The number of hydrogen-bond acceptors (Lipinski definition) is 2. The molecule has 0 unspecified atom stereocenters. The zero-order valence-corrected chi connectivity index (χ0v) is 16.7. The third-order valence-electron chi connectivity index (χ3n) is 4.07. The Balaban J connectivity index is 3.44. The molecule has 0 aromatic carbocycles. The Kier molecular flexibility index (Phi) is 20.1. The van der Waals surface area contributed by atoms with Crippen molar-refractivity contribution in [3.63, 3.8) is 0 Å². The lowest BCUT2D eigenvalue weighted by Gasteiger charge is -2.01. The molecule has 0 atom stereocenters. The van der Waals surface area contributed by atoms with E-state index >= 15 is 0 Å². The minimum atomic E-state index is -0.191. The highest BCUT2D eigenvalue weighted by Crippen LogP contribution is 2.11. The predicted molar refractivity (Wildman–Crippen MR) is 113 cm³/mol. The Bertz CT molecular complexity index is 422. The normalized spacial score (nSPS) is 12.2. The fourth-order valence-corrected chi connectivity index (χ4v) is 2.56. The van der Waals surface area contributed by atoms with Crippen molar-refractivity contribution in [2.75, 3.05) is 13.2 Å². The number of nitrogens with one attached hydrogen (secondary N) is 1. The number of hydrogen-bond donors (Lipinski definition) is 2. The van der Waals surface area contributed by atoms with Crippen LogP contribution < -0.4 is 5.32 Å². The summed E-state index contributed by atoms with van der Waals surface area (Å²) in [5, 5.41) is 11.1. The van der Waals surface area contributed by atoms with E-state index in [4.69, 9.17) is 5.11 Å². The summed E-state index contributed by atoms with van der Waals surface area (Å²) >= 11 is 0. The lowest BCUT2D eigenvalue weighted by Crippen LogP contribution is -2.24. The molecule has 0 aromatic rings. The van der Waals surface area contributed by atoms with Gasteiger partial charge in [0.15, 0.2) is 0 Å². The topological polar surface area (TPSA) is 49.3 Å². The maximum absolute atomic E-state index is 11.2. The van der Waals surface area contributed by atoms with Gasteiger partial charge in [0.25, 0.3) is 0 Å². The molecule has 0 aromatic heterocycles. The van der Waals surface area contributed by atoms with Crippen molar-refractivity contribution in [2.24, 2.45) is 0 Å². The summed E-state index contributed by atoms with van der Waals surface area (Å²) in [5.41, 5.74) is 0. The predicted octanol–water partition coefficient (Wildman–Crippen LogP) is 5.63. The van der Waals surface area contributed by atoms with Gasteiger partial charge in [0.05, 0.1) is 6.61 Å². The highest BCUT2D eigenvalue weighted by molar-refractivity contribution is 5.87. The summed E-state index contributed by atoms with van der Waals surface area (Å²) in [4.78, 5) is 11.2. The van der Waals surface area contributed by atoms with Gasteiger partial charge in [-0.1, -0.05) is 107 Å². The first-order valence-electron chi connectivity index (χ1n) is 10.4. The third kappa shape index (κ3) is 20.4. The Morgan fingerprint density at radius 1 is 0.769 bits per heavy atom. The van der Waals surface area contributed by atoms with E-state index in [0.29, 0.717) is 0 Å². The van der Waals surface area contributed by atoms with Gasteiger partial charge in [0.2, 0.25) is 5.91 Å². The number of allylic oxidation sites excluding steroid dienone is 7. The summed E-state index contributed by atoms with van der Waals surface area (Å²) in [6.45, 7) is 2.52. The van der Waals surface area contributed by atoms with Gasteiger partial charge in [0.1, 0.15) is 0 Å². The largest absolute Gasteiger partial charge is 0.395 e. The van der Waals surface area contributed by atoms with Crippen molar-refractivity contribution in [3.8, 4) is 0 Å². The summed E-state index contributed by atoms with van der Waals surface area (Å²) in [5.74, 6) is -0.191. The first-order chi connectivity index (χ1) is 12.8. The van der Waals surface area contributed by atoms with E-state index in [1.165, 1.54) is 70.3 Å². The Morgan fingerprint density at radius 2 is 1.31 bits per heavy atom. The van der Waals surface area contributed by atoms with Crippen LogP contribution in [0, 0.1) is 0 Å². The molecular formula is C23H39NO2. The molecule has 0 saturated carbocycles. The number of aliphatic hydroxyl groups excluding tert-OH is 1. The van der Waals surface area contributed by atoms with Gasteiger partial charge in [-0.15, -0.1) is 0 Å². The Hall–Kier alpha value is -1.61. The van der Waals surface area contributed by atoms with E-state index in [-0.39, 0.29) is 19.1 Å². The zero-order valence-electron chi connectivity index (χ0n) is 16.7. The van der Waals surface area contributed by atoms with Crippen LogP contribution in [0.5, 0.6) is 0 Å². The van der Waals surface area contributed by atoms with Crippen LogP contribution in [0.2, 0.25) is 0 Å². The summed E-state index contributed by atoms with van der Waals surface area (Å²) < 4.78 is 0. The lowest BCUT2D eigenvalue weighted by atomic mass is 10.1. The standard InChI is InChI=1S/C23H39NO2/c1-2-3-4-5-6-7-8-9-10-11-12-13-14-15-16-17-18-19-20-23(26)24-21-22-25/h13-20,25H,2-12,21-22H2,1H3,(H,24,26)/b14-13-,16-15+,18-17-,20-19+. The van der Waals surface area contributed by atoms with Crippen LogP contribution in [-0.2, 0) is 4.79 Å². The molecule has 2 N–H and O–H groups in total. The number of carbonyl (C=O) groups is 1. The van der Waals surface area contributed by atoms with Crippen molar-refractivity contribution in [1.82, 2.24) is 5.32 Å². The van der Waals surface area contributed by atoms with E-state index in [9.17, 15) is 4.79 Å². The fraction of sp³-hybridized carbons (Fsp3) is 0.609. The van der Waals surface area contributed by atoms with Crippen LogP contribution in [0.4, 0.5) is 0 Å². The van der Waals surface area contributed by atoms with Crippen LogP contribution in [0.15, 0.2) is 48.6 Å². The maximum atomic E-state index is 11.2. The SMILES string of the molecule is CCCCCCCCCCCC\C=C/C=C/C=C\C=C\C(=O)NCCO. The highest BCUT2D eigenvalue weighted by Gasteiger charge is 1.92. The smallest absolute Gasteiger partial charge is 0.244 e. The Labute approximate surface area is 161 Å². The summed E-state index contributed by atoms with van der Waals surface area (Å²) in [7, 11) is 0. The average Bonchev–Trinajstić information content (AvgIpc) is 2.65. The monoisotopic (exact) mass is 361 g/mol. The molecule has 26 heavy (non-hydrogen) atoms. The molecule has 0 radical (unpaired) electrons. The van der Waals surface area contributed by atoms with E-state index in [2.05, 4.69) is 24.4 Å². The first kappa shape index (κ1) is 24.4. The number of amides is 1. The molecule has 0 heterocycles. The van der Waals surface area contributed by atoms with Gasteiger partial charge in [0, 0.05) is 12.6 Å². The number of carbonyl (C=O) groups excluding carboxylic acids is 1. The molecule has 0 rings (SSSR count). The molecule has 0 saturated heterocycles. The second-order valence-corrected chi connectivity index (χ2v) is 6.54. The third-order valence-corrected chi connectivity index (χ3v) is 4.07. The summed E-state index contributed by atoms with van der Waals surface area (Å²) in [6.07, 6.45) is 30.0. The number of aliphatic hydroxyl groups is 1. The lowest BCUT2D eigenvalue weighted by molar-refractivity contribution is -0.116. The highest BCUT2D eigenvalue weighted by atomic mass is 16.3. The first-order valence-corrected chi connectivity index (χ1v) is 10.4.